The number of esters is 2. The van der Waals surface area contributed by atoms with Crippen molar-refractivity contribution in [3.63, 3.8) is 0 Å². The van der Waals surface area contributed by atoms with Crippen LogP contribution in [0.15, 0.2) is 28.5 Å². The van der Waals surface area contributed by atoms with E-state index in [-0.39, 0.29) is 28.3 Å². The highest BCUT2D eigenvalue weighted by molar-refractivity contribution is 5.92. The van der Waals surface area contributed by atoms with Gasteiger partial charge < -0.3 is 19.0 Å². The molecule has 0 spiro atoms. The lowest BCUT2D eigenvalue weighted by Gasteiger charge is -2.28. The van der Waals surface area contributed by atoms with Gasteiger partial charge in [0, 0.05) is 22.1 Å². The van der Waals surface area contributed by atoms with Crippen LogP contribution in [-0.4, -0.2) is 66.2 Å². The average Bonchev–Trinajstić information content (AvgIpc) is 3.55. The SMILES string of the molecule is CC(C)(C)C1=CC(F)OC1=O.CC(C)(C)C1=CC(F)OC1=O.CC(C)(C)C1=NOC(F)C1.CC(C)(C)N1CC(F)OC1=O. The fourth-order valence-corrected chi connectivity index (χ4v) is 3.68. The van der Waals surface area contributed by atoms with Gasteiger partial charge in [-0.1, -0.05) is 67.5 Å². The molecule has 0 bridgehead atoms. The van der Waals surface area contributed by atoms with Gasteiger partial charge in [0.1, 0.15) is 0 Å². The van der Waals surface area contributed by atoms with Crippen LogP contribution in [-0.2, 0) is 28.6 Å². The van der Waals surface area contributed by atoms with Crippen molar-refractivity contribution in [2.24, 2.45) is 21.4 Å². The number of amides is 1. The molecule has 0 radical (unpaired) electrons. The van der Waals surface area contributed by atoms with Crippen LogP contribution in [0, 0.1) is 16.2 Å². The van der Waals surface area contributed by atoms with E-state index in [1.54, 1.807) is 0 Å². The summed E-state index contributed by atoms with van der Waals surface area (Å²) >= 11 is 0. The van der Waals surface area contributed by atoms with E-state index in [1.807, 2.05) is 83.1 Å². The summed E-state index contributed by atoms with van der Waals surface area (Å²) in [6, 6.07) is 0. The standard InChI is InChI=1S/2C8H11FO2.C7H12FNO2.C7H12FNO/c2*1-8(2,3)5-4-6(9)11-7(5)10;1-7(2,3)9-4-5(8)11-6(9)10;1-7(2,3)5-4-6(8)10-9-5/h2*4,6H,1-3H3;5H,4H2,1-3H3;6H,4H2,1-3H3. The molecular weight excluding hydrogens is 576 g/mol. The van der Waals surface area contributed by atoms with Crippen LogP contribution in [0.2, 0.25) is 0 Å². The molecule has 13 heteroatoms. The predicted molar refractivity (Wildman–Crippen MR) is 152 cm³/mol. The summed E-state index contributed by atoms with van der Waals surface area (Å²) in [6.07, 6.45) is -3.55. The maximum atomic E-state index is 12.5. The monoisotopic (exact) mass is 622 g/mol. The third-order valence-corrected chi connectivity index (χ3v) is 6.17. The van der Waals surface area contributed by atoms with Crippen molar-refractivity contribution in [3.05, 3.63) is 23.3 Å². The molecule has 1 fully saturated rings. The van der Waals surface area contributed by atoms with E-state index in [4.69, 9.17) is 0 Å². The molecule has 0 N–H and O–H groups in total. The number of carbonyl (C=O) groups excluding carboxylic acids is 3. The Morgan fingerprint density at radius 2 is 1.09 bits per heavy atom. The molecule has 9 nitrogen and oxygen atoms in total. The summed E-state index contributed by atoms with van der Waals surface area (Å²) in [6.45, 7) is 22.6. The first-order valence-electron chi connectivity index (χ1n) is 13.9. The molecule has 0 aliphatic carbocycles. The van der Waals surface area contributed by atoms with Gasteiger partial charge >= 0.3 is 18.0 Å². The highest BCUT2D eigenvalue weighted by Crippen LogP contribution is 2.32. The second kappa shape index (κ2) is 14.1. The largest absolute Gasteiger partial charge is 0.424 e. The molecular formula is C30H46F4N2O7. The maximum Gasteiger partial charge on any atom is 0.413 e. The van der Waals surface area contributed by atoms with Crippen molar-refractivity contribution in [1.29, 1.82) is 0 Å². The molecule has 1 saturated heterocycles. The van der Waals surface area contributed by atoms with Gasteiger partial charge in [-0.3, -0.25) is 4.90 Å². The van der Waals surface area contributed by atoms with E-state index in [0.717, 1.165) is 5.71 Å². The van der Waals surface area contributed by atoms with Gasteiger partial charge in [0.2, 0.25) is 0 Å². The number of nitrogens with zero attached hydrogens (tertiary/aromatic N) is 2. The number of hydrogen-bond acceptors (Lipinski definition) is 8. The fourth-order valence-electron chi connectivity index (χ4n) is 3.68. The summed E-state index contributed by atoms with van der Waals surface area (Å²) in [5.74, 6) is -1.07. The molecule has 4 aliphatic rings. The molecule has 1 amide bonds. The third-order valence-electron chi connectivity index (χ3n) is 6.17. The number of alkyl halides is 4. The number of carbonyl (C=O) groups is 3. The van der Waals surface area contributed by atoms with Gasteiger partial charge in [-0.05, 0) is 43.8 Å². The summed E-state index contributed by atoms with van der Waals surface area (Å²) < 4.78 is 62.6. The molecule has 246 valence electrons. The zero-order valence-corrected chi connectivity index (χ0v) is 27.1. The van der Waals surface area contributed by atoms with Crippen molar-refractivity contribution in [2.45, 2.75) is 120 Å². The van der Waals surface area contributed by atoms with Gasteiger partial charge in [-0.15, -0.1) is 0 Å². The van der Waals surface area contributed by atoms with Crippen LogP contribution in [0.25, 0.3) is 0 Å². The van der Waals surface area contributed by atoms with Crippen molar-refractivity contribution in [2.75, 3.05) is 6.54 Å². The van der Waals surface area contributed by atoms with Gasteiger partial charge in [0.05, 0.1) is 18.7 Å². The van der Waals surface area contributed by atoms with E-state index < -0.39 is 43.5 Å². The molecule has 4 aliphatic heterocycles. The number of halogens is 4. The van der Waals surface area contributed by atoms with E-state index in [2.05, 4.69) is 24.2 Å². The zero-order valence-electron chi connectivity index (χ0n) is 27.1. The van der Waals surface area contributed by atoms with Crippen LogP contribution in [0.5, 0.6) is 0 Å². The van der Waals surface area contributed by atoms with Crippen molar-refractivity contribution in [3.8, 4) is 0 Å². The number of oxime groups is 1. The Morgan fingerprint density at radius 3 is 1.23 bits per heavy atom. The predicted octanol–water partition coefficient (Wildman–Crippen LogP) is 7.26. The number of hydrogen-bond donors (Lipinski definition) is 0. The Balaban J connectivity index is 0.000000287. The first kappa shape index (κ1) is 37.9. The van der Waals surface area contributed by atoms with Crippen molar-refractivity contribution in [1.82, 2.24) is 4.90 Å². The summed E-state index contributed by atoms with van der Waals surface area (Å²) in [5, 5.41) is 3.63. The Labute approximate surface area is 251 Å². The number of cyclic esters (lactones) is 3. The quantitative estimate of drug-likeness (QED) is 0.159. The molecule has 0 aromatic carbocycles. The molecule has 4 rings (SSSR count). The van der Waals surface area contributed by atoms with Gasteiger partial charge in [0.25, 0.3) is 25.4 Å². The van der Waals surface area contributed by atoms with Crippen LogP contribution >= 0.6 is 0 Å². The lowest BCUT2D eigenvalue weighted by Crippen LogP contribution is -2.42. The Hall–Kier alpha value is -3.12. The third kappa shape index (κ3) is 12.2. The fraction of sp³-hybridized carbons (Fsp3) is 0.733. The van der Waals surface area contributed by atoms with E-state index in [1.165, 1.54) is 17.1 Å². The van der Waals surface area contributed by atoms with Crippen LogP contribution in [0.4, 0.5) is 22.4 Å². The Bertz CT molecular complexity index is 1060. The molecule has 0 aromatic rings. The Kier molecular flexibility index (Phi) is 12.4. The topological polar surface area (TPSA) is 104 Å². The van der Waals surface area contributed by atoms with Gasteiger partial charge in [0.15, 0.2) is 0 Å². The van der Waals surface area contributed by atoms with Crippen LogP contribution < -0.4 is 0 Å². The van der Waals surface area contributed by atoms with E-state index in [0.29, 0.717) is 17.6 Å². The molecule has 0 aromatic heterocycles. The first-order chi connectivity index (χ1) is 19.2. The summed E-state index contributed by atoms with van der Waals surface area (Å²) in [4.78, 5) is 38.5. The second-order valence-electron chi connectivity index (χ2n) is 14.3. The number of rotatable bonds is 0. The maximum absolute atomic E-state index is 12.5. The normalized spacial score (nSPS) is 25.3. The summed E-state index contributed by atoms with van der Waals surface area (Å²) in [5.41, 5.74) is 0.601. The molecule has 43 heavy (non-hydrogen) atoms. The smallest absolute Gasteiger partial charge is 0.413 e. The molecule has 4 heterocycles. The highest BCUT2D eigenvalue weighted by Gasteiger charge is 2.38. The lowest BCUT2D eigenvalue weighted by atomic mass is 9.87. The first-order valence-corrected chi connectivity index (χ1v) is 13.9. The zero-order chi connectivity index (χ0) is 33.7. The minimum atomic E-state index is -1.54. The van der Waals surface area contributed by atoms with Gasteiger partial charge in [-0.25, -0.2) is 14.4 Å². The minimum Gasteiger partial charge on any atom is -0.424 e. The van der Waals surface area contributed by atoms with E-state index in [9.17, 15) is 31.9 Å². The van der Waals surface area contributed by atoms with E-state index >= 15 is 0 Å². The molecule has 4 unspecified atom stereocenters. The molecule has 4 atom stereocenters. The van der Waals surface area contributed by atoms with Crippen molar-refractivity contribution >= 4 is 23.7 Å². The minimum absolute atomic E-state index is 0.0440. The summed E-state index contributed by atoms with van der Waals surface area (Å²) in [7, 11) is 0. The Morgan fingerprint density at radius 1 is 0.674 bits per heavy atom. The molecule has 0 saturated carbocycles. The van der Waals surface area contributed by atoms with Crippen molar-refractivity contribution < 1.29 is 51.0 Å². The second-order valence-corrected chi connectivity index (χ2v) is 14.3. The average molecular weight is 623 g/mol. The van der Waals surface area contributed by atoms with Crippen LogP contribution in [0.1, 0.15) is 89.5 Å². The lowest BCUT2D eigenvalue weighted by molar-refractivity contribution is -0.146. The van der Waals surface area contributed by atoms with Crippen LogP contribution in [0.3, 0.4) is 0 Å². The number of ether oxygens (including phenoxy) is 3. The highest BCUT2D eigenvalue weighted by atomic mass is 19.2. The van der Waals surface area contributed by atoms with Gasteiger partial charge in [-0.2, -0.15) is 17.6 Å².